The maximum absolute atomic E-state index is 12.5. The Bertz CT molecular complexity index is 1030. The first-order valence-corrected chi connectivity index (χ1v) is 9.39. The second-order valence-electron chi connectivity index (χ2n) is 7.32. The molecule has 4 rings (SSSR count). The molecule has 0 unspecified atom stereocenters. The van der Waals surface area contributed by atoms with Gasteiger partial charge in [-0.15, -0.1) is 12.4 Å². The topological polar surface area (TPSA) is 93.3 Å². The number of nitrogens with one attached hydrogen (secondary N) is 1. The Morgan fingerprint density at radius 3 is 2.62 bits per heavy atom. The van der Waals surface area contributed by atoms with Gasteiger partial charge in [0.2, 0.25) is 5.91 Å². The summed E-state index contributed by atoms with van der Waals surface area (Å²) in [6.45, 7) is 1.85. The van der Waals surface area contributed by atoms with Crippen LogP contribution in [-0.2, 0) is 4.79 Å². The van der Waals surface area contributed by atoms with Crippen LogP contribution in [0.1, 0.15) is 23.2 Å². The fraction of sp³-hybridized carbons (Fsp3) is 0.286. The predicted molar refractivity (Wildman–Crippen MR) is 116 cm³/mol. The van der Waals surface area contributed by atoms with E-state index >= 15 is 0 Å². The second kappa shape index (κ2) is 8.63. The molecule has 1 fully saturated rings. The molecule has 0 aliphatic carbocycles. The Hall–Kier alpha value is -2.90. The number of likely N-dealkylation sites (tertiary alicyclic amines) is 1. The average molecular weight is 414 g/mol. The molecule has 1 aliphatic heterocycles. The highest BCUT2D eigenvalue weighted by atomic mass is 35.5. The number of halogens is 1. The first-order valence-electron chi connectivity index (χ1n) is 9.39. The Morgan fingerprint density at radius 1 is 1.17 bits per heavy atom. The maximum Gasteiger partial charge on any atom is 0.250 e. The van der Waals surface area contributed by atoms with Gasteiger partial charge < -0.3 is 16.0 Å². The molecule has 0 bridgehead atoms. The average Bonchev–Trinajstić information content (AvgIpc) is 3.12. The van der Waals surface area contributed by atoms with Gasteiger partial charge in [-0.3, -0.25) is 9.59 Å². The van der Waals surface area contributed by atoms with Crippen molar-refractivity contribution in [3.63, 3.8) is 0 Å². The fourth-order valence-electron chi connectivity index (χ4n) is 3.70. The van der Waals surface area contributed by atoms with Crippen LogP contribution in [0.2, 0.25) is 0 Å². The van der Waals surface area contributed by atoms with Crippen molar-refractivity contribution in [2.45, 2.75) is 12.8 Å². The highest BCUT2D eigenvalue weighted by Crippen LogP contribution is 2.21. The summed E-state index contributed by atoms with van der Waals surface area (Å²) in [6, 6.07) is 12.8. The summed E-state index contributed by atoms with van der Waals surface area (Å²) in [7, 11) is 2.05. The number of nitrogens with zero attached hydrogens (tertiary/aromatic N) is 3. The minimum absolute atomic E-state index is 0. The molecule has 152 valence electrons. The van der Waals surface area contributed by atoms with E-state index in [-0.39, 0.29) is 24.2 Å². The van der Waals surface area contributed by atoms with Gasteiger partial charge >= 0.3 is 0 Å². The number of primary amides is 1. The number of amides is 2. The van der Waals surface area contributed by atoms with Gasteiger partial charge in [-0.1, -0.05) is 12.1 Å². The summed E-state index contributed by atoms with van der Waals surface area (Å²) in [5, 5.41) is 8.35. The van der Waals surface area contributed by atoms with Gasteiger partial charge in [-0.05, 0) is 56.8 Å². The zero-order valence-corrected chi connectivity index (χ0v) is 17.0. The molecule has 0 saturated carbocycles. The zero-order valence-electron chi connectivity index (χ0n) is 16.2. The largest absolute Gasteiger partial charge is 0.366 e. The lowest BCUT2D eigenvalue weighted by molar-refractivity contribution is -0.121. The summed E-state index contributed by atoms with van der Waals surface area (Å²) in [4.78, 5) is 26.3. The lowest BCUT2D eigenvalue weighted by Crippen LogP contribution is -2.38. The van der Waals surface area contributed by atoms with E-state index in [2.05, 4.69) is 15.3 Å². The van der Waals surface area contributed by atoms with Crippen LogP contribution in [0.3, 0.4) is 0 Å². The first kappa shape index (κ1) is 20.8. The van der Waals surface area contributed by atoms with Crippen molar-refractivity contribution in [3.8, 4) is 5.69 Å². The van der Waals surface area contributed by atoms with E-state index in [1.165, 1.54) is 0 Å². The number of hydrogen-bond acceptors (Lipinski definition) is 4. The van der Waals surface area contributed by atoms with Crippen molar-refractivity contribution in [1.29, 1.82) is 0 Å². The lowest BCUT2D eigenvalue weighted by Gasteiger charge is -2.28. The number of nitrogens with two attached hydrogens (primary N) is 1. The van der Waals surface area contributed by atoms with Crippen molar-refractivity contribution in [3.05, 3.63) is 54.2 Å². The van der Waals surface area contributed by atoms with Crippen LogP contribution in [0, 0.1) is 5.92 Å². The van der Waals surface area contributed by atoms with E-state index in [0.717, 1.165) is 42.7 Å². The van der Waals surface area contributed by atoms with E-state index in [9.17, 15) is 9.59 Å². The summed E-state index contributed by atoms with van der Waals surface area (Å²) in [6.07, 6.45) is 3.83. The third-order valence-corrected chi connectivity index (χ3v) is 5.20. The van der Waals surface area contributed by atoms with Crippen LogP contribution in [0.4, 0.5) is 5.69 Å². The molecule has 1 aliphatic rings. The van der Waals surface area contributed by atoms with Gasteiger partial charge in [-0.25, -0.2) is 4.68 Å². The van der Waals surface area contributed by atoms with Crippen LogP contribution in [0.15, 0.2) is 48.7 Å². The van der Waals surface area contributed by atoms with E-state index in [1.54, 1.807) is 16.8 Å². The summed E-state index contributed by atoms with van der Waals surface area (Å²) in [5.41, 5.74) is 8.01. The molecule has 2 heterocycles. The molecule has 1 atom stereocenters. The standard InChI is InChI=1S/C21H23N5O2.ClH/c1-25-11-3-5-15(12-25)21(28)23-16-7-9-17(10-8-16)26-13-14-4-2-6-18(20(22)27)19(14)24-26;/h2,4,6-10,13,15H,3,5,11-12H2,1H3,(H2,22,27)(H,23,28);1H/t15-;/m0./s1. The Morgan fingerprint density at radius 2 is 1.93 bits per heavy atom. The number of aromatic nitrogens is 2. The molecular formula is C21H24ClN5O2. The molecule has 2 aromatic carbocycles. The Labute approximate surface area is 175 Å². The summed E-state index contributed by atoms with van der Waals surface area (Å²) in [5.74, 6) is -0.403. The number of rotatable bonds is 4. The summed E-state index contributed by atoms with van der Waals surface area (Å²) < 4.78 is 1.71. The normalized spacial score (nSPS) is 16.9. The molecule has 0 spiro atoms. The molecule has 8 heteroatoms. The molecule has 1 aromatic heterocycles. The maximum atomic E-state index is 12.5. The van der Waals surface area contributed by atoms with Crippen molar-refractivity contribution in [2.75, 3.05) is 25.5 Å². The molecule has 1 saturated heterocycles. The molecule has 0 radical (unpaired) electrons. The number of carbonyl (C=O) groups is 2. The highest BCUT2D eigenvalue weighted by Gasteiger charge is 2.23. The van der Waals surface area contributed by atoms with Crippen LogP contribution in [-0.4, -0.2) is 46.6 Å². The fourth-order valence-corrected chi connectivity index (χ4v) is 3.70. The molecule has 3 N–H and O–H groups in total. The monoisotopic (exact) mass is 413 g/mol. The van der Waals surface area contributed by atoms with Crippen LogP contribution >= 0.6 is 12.4 Å². The predicted octanol–water partition coefficient (Wildman–Crippen LogP) is 2.83. The third kappa shape index (κ3) is 4.41. The number of anilines is 1. The van der Waals surface area contributed by atoms with Crippen LogP contribution < -0.4 is 11.1 Å². The zero-order chi connectivity index (χ0) is 19.7. The van der Waals surface area contributed by atoms with Crippen molar-refractivity contribution < 1.29 is 9.59 Å². The summed E-state index contributed by atoms with van der Waals surface area (Å²) >= 11 is 0. The Kier molecular flexibility index (Phi) is 6.20. The molecule has 3 aromatic rings. The number of piperidine rings is 1. The van der Waals surface area contributed by atoms with Gasteiger partial charge in [0, 0.05) is 23.8 Å². The van der Waals surface area contributed by atoms with Gasteiger partial charge in [0.15, 0.2) is 0 Å². The van der Waals surface area contributed by atoms with Crippen molar-refractivity contribution in [1.82, 2.24) is 14.7 Å². The number of benzene rings is 2. The second-order valence-corrected chi connectivity index (χ2v) is 7.32. The van der Waals surface area contributed by atoms with Crippen LogP contribution in [0.5, 0.6) is 0 Å². The molecule has 29 heavy (non-hydrogen) atoms. The molecule has 7 nitrogen and oxygen atoms in total. The minimum Gasteiger partial charge on any atom is -0.366 e. The molecule has 2 amide bonds. The number of fused-ring (bicyclic) bond motifs is 1. The van der Waals surface area contributed by atoms with E-state index < -0.39 is 5.91 Å². The first-order chi connectivity index (χ1) is 13.5. The Balaban J connectivity index is 0.00000240. The van der Waals surface area contributed by atoms with Gasteiger partial charge in [0.1, 0.15) is 5.52 Å². The van der Waals surface area contributed by atoms with Crippen LogP contribution in [0.25, 0.3) is 16.6 Å². The van der Waals surface area contributed by atoms with Crippen molar-refractivity contribution in [2.24, 2.45) is 11.7 Å². The van der Waals surface area contributed by atoms with E-state index in [1.807, 2.05) is 43.6 Å². The quantitative estimate of drug-likeness (QED) is 0.687. The third-order valence-electron chi connectivity index (χ3n) is 5.20. The van der Waals surface area contributed by atoms with Gasteiger partial charge in [-0.2, -0.15) is 5.10 Å². The minimum atomic E-state index is -0.498. The SMILES string of the molecule is CN1CCC[C@H](C(=O)Nc2ccc(-n3cc4cccc(C(N)=O)c4n3)cc2)C1.Cl. The smallest absolute Gasteiger partial charge is 0.250 e. The van der Waals surface area contributed by atoms with Gasteiger partial charge in [0.25, 0.3) is 5.91 Å². The number of hydrogen-bond donors (Lipinski definition) is 2. The lowest BCUT2D eigenvalue weighted by atomic mass is 9.97. The number of carbonyl (C=O) groups excluding carboxylic acids is 2. The van der Waals surface area contributed by atoms with Crippen molar-refractivity contribution >= 4 is 40.8 Å². The highest BCUT2D eigenvalue weighted by molar-refractivity contribution is 6.04. The van der Waals surface area contributed by atoms with E-state index in [0.29, 0.717) is 11.1 Å². The van der Waals surface area contributed by atoms with Gasteiger partial charge in [0.05, 0.1) is 17.2 Å². The van der Waals surface area contributed by atoms with E-state index in [4.69, 9.17) is 5.73 Å². The molecular weight excluding hydrogens is 390 g/mol.